The van der Waals surface area contributed by atoms with Gasteiger partial charge in [0.25, 0.3) is 0 Å². The van der Waals surface area contributed by atoms with Crippen molar-refractivity contribution in [2.75, 3.05) is 19.7 Å². The van der Waals surface area contributed by atoms with E-state index in [2.05, 4.69) is 27.7 Å². The summed E-state index contributed by atoms with van der Waals surface area (Å²) < 4.78 is 41.4. The van der Waals surface area contributed by atoms with Gasteiger partial charge in [0.1, 0.15) is 5.75 Å². The maximum Gasteiger partial charge on any atom is 0.422 e. The zero-order valence-corrected chi connectivity index (χ0v) is 17.5. The van der Waals surface area contributed by atoms with Crippen molar-refractivity contribution >= 4 is 6.03 Å². The van der Waals surface area contributed by atoms with Crippen LogP contribution in [0.1, 0.15) is 36.9 Å². The van der Waals surface area contributed by atoms with Crippen LogP contribution in [0.15, 0.2) is 54.6 Å². The molecule has 1 heterocycles. The van der Waals surface area contributed by atoms with E-state index in [1.54, 1.807) is 12.1 Å². The van der Waals surface area contributed by atoms with Gasteiger partial charge in [-0.1, -0.05) is 42.5 Å². The van der Waals surface area contributed by atoms with Crippen LogP contribution in [-0.4, -0.2) is 42.8 Å². The van der Waals surface area contributed by atoms with Gasteiger partial charge in [0.15, 0.2) is 6.61 Å². The summed E-state index contributed by atoms with van der Waals surface area (Å²) in [5, 5.41) is 5.91. The molecule has 1 aliphatic heterocycles. The Kier molecular flexibility index (Phi) is 7.79. The molecule has 1 atom stereocenters. The number of rotatable bonds is 7. The fraction of sp³-hybridized carbons (Fsp3) is 0.435. The van der Waals surface area contributed by atoms with Gasteiger partial charge in [0.2, 0.25) is 0 Å². The van der Waals surface area contributed by atoms with Crippen LogP contribution in [-0.2, 0) is 6.54 Å². The molecular formula is C23H28F3N3O2. The van der Waals surface area contributed by atoms with Crippen molar-refractivity contribution in [3.63, 3.8) is 0 Å². The van der Waals surface area contributed by atoms with Gasteiger partial charge < -0.3 is 15.4 Å². The van der Waals surface area contributed by atoms with Gasteiger partial charge in [-0.15, -0.1) is 0 Å². The molecule has 0 aromatic heterocycles. The van der Waals surface area contributed by atoms with Gasteiger partial charge in [-0.2, -0.15) is 13.2 Å². The molecule has 2 aromatic rings. The molecular weight excluding hydrogens is 407 g/mol. The van der Waals surface area contributed by atoms with Gasteiger partial charge in [0, 0.05) is 25.7 Å². The predicted octanol–water partition coefficient (Wildman–Crippen LogP) is 4.65. The van der Waals surface area contributed by atoms with Gasteiger partial charge in [-0.25, -0.2) is 4.79 Å². The molecule has 3 rings (SSSR count). The highest BCUT2D eigenvalue weighted by atomic mass is 19.4. The number of benzene rings is 2. The van der Waals surface area contributed by atoms with Gasteiger partial charge in [-0.3, -0.25) is 4.90 Å². The number of hydrogen-bond donors (Lipinski definition) is 2. The lowest BCUT2D eigenvalue weighted by Gasteiger charge is -2.32. The number of carbonyl (C=O) groups is 1. The van der Waals surface area contributed by atoms with Crippen molar-refractivity contribution in [3.8, 4) is 5.75 Å². The monoisotopic (exact) mass is 435 g/mol. The van der Waals surface area contributed by atoms with Crippen LogP contribution in [0.2, 0.25) is 0 Å². The average molecular weight is 435 g/mol. The maximum atomic E-state index is 12.4. The first kappa shape index (κ1) is 22.9. The smallest absolute Gasteiger partial charge is 0.422 e. The first-order chi connectivity index (χ1) is 14.8. The highest BCUT2D eigenvalue weighted by Crippen LogP contribution is 2.21. The Bertz CT molecular complexity index is 820. The normalized spacial score (nSPS) is 16.5. The number of nitrogens with zero attached hydrogens (tertiary/aromatic N) is 1. The molecule has 2 aromatic carbocycles. The number of nitrogens with one attached hydrogen (secondary N) is 2. The molecule has 5 nitrogen and oxygen atoms in total. The van der Waals surface area contributed by atoms with Gasteiger partial charge >= 0.3 is 12.2 Å². The molecule has 0 spiro atoms. The summed E-state index contributed by atoms with van der Waals surface area (Å²) in [5.41, 5.74) is 2.07. The number of alkyl halides is 3. The second-order valence-electron chi connectivity index (χ2n) is 7.85. The first-order valence-electron chi connectivity index (χ1n) is 10.4. The fourth-order valence-corrected chi connectivity index (χ4v) is 3.60. The van der Waals surface area contributed by atoms with Crippen LogP contribution in [0, 0.1) is 0 Å². The van der Waals surface area contributed by atoms with Crippen LogP contribution in [0.4, 0.5) is 18.0 Å². The van der Waals surface area contributed by atoms with Gasteiger partial charge in [0.05, 0.1) is 6.04 Å². The Morgan fingerprint density at radius 1 is 1.10 bits per heavy atom. The molecule has 1 aliphatic rings. The largest absolute Gasteiger partial charge is 0.484 e. The third-order valence-electron chi connectivity index (χ3n) is 5.30. The zero-order chi connectivity index (χ0) is 22.3. The topological polar surface area (TPSA) is 53.6 Å². The summed E-state index contributed by atoms with van der Waals surface area (Å²) >= 11 is 0. The number of amides is 2. The van der Waals surface area contributed by atoms with Crippen molar-refractivity contribution in [3.05, 3.63) is 65.7 Å². The van der Waals surface area contributed by atoms with E-state index in [1.807, 2.05) is 25.1 Å². The molecule has 0 aliphatic carbocycles. The molecule has 168 valence electrons. The van der Waals surface area contributed by atoms with E-state index in [0.29, 0.717) is 0 Å². The molecule has 1 saturated heterocycles. The van der Waals surface area contributed by atoms with E-state index in [9.17, 15) is 18.0 Å². The molecule has 31 heavy (non-hydrogen) atoms. The number of carbonyl (C=O) groups excluding carboxylic acids is 1. The van der Waals surface area contributed by atoms with E-state index in [4.69, 9.17) is 4.74 Å². The molecule has 1 fully saturated rings. The summed E-state index contributed by atoms with van der Waals surface area (Å²) in [5.74, 6) is 0.139. The van der Waals surface area contributed by atoms with Crippen LogP contribution < -0.4 is 15.4 Å². The van der Waals surface area contributed by atoms with Crippen LogP contribution in [0.5, 0.6) is 5.75 Å². The first-order valence-corrected chi connectivity index (χ1v) is 10.4. The average Bonchev–Trinajstić information content (AvgIpc) is 2.74. The van der Waals surface area contributed by atoms with Crippen LogP contribution >= 0.6 is 0 Å². The van der Waals surface area contributed by atoms with Crippen molar-refractivity contribution in [2.45, 2.75) is 44.6 Å². The lowest BCUT2D eigenvalue weighted by molar-refractivity contribution is -0.153. The summed E-state index contributed by atoms with van der Waals surface area (Å²) in [6.07, 6.45) is -2.59. The number of halogens is 3. The SMILES string of the molecule is CC(NC(=O)NC1CCN(Cc2ccccc2)CC1)c1ccc(OCC(F)(F)F)cc1. The Morgan fingerprint density at radius 3 is 2.35 bits per heavy atom. The highest BCUT2D eigenvalue weighted by Gasteiger charge is 2.28. The summed E-state index contributed by atoms with van der Waals surface area (Å²) in [6, 6.07) is 16.2. The summed E-state index contributed by atoms with van der Waals surface area (Å²) in [6.45, 7) is 3.27. The van der Waals surface area contributed by atoms with E-state index < -0.39 is 12.8 Å². The zero-order valence-electron chi connectivity index (χ0n) is 17.5. The Morgan fingerprint density at radius 2 is 1.74 bits per heavy atom. The Hall–Kier alpha value is -2.74. The Balaban J connectivity index is 1.39. The van der Waals surface area contributed by atoms with E-state index in [1.165, 1.54) is 17.7 Å². The minimum Gasteiger partial charge on any atom is -0.484 e. The molecule has 0 radical (unpaired) electrons. The lowest BCUT2D eigenvalue weighted by Crippen LogP contribution is -2.48. The fourth-order valence-electron chi connectivity index (χ4n) is 3.60. The van der Waals surface area contributed by atoms with E-state index in [-0.39, 0.29) is 23.9 Å². The molecule has 0 saturated carbocycles. The standard InChI is InChI=1S/C23H28F3N3O2/c1-17(19-7-9-21(10-8-19)31-16-23(24,25)26)27-22(30)28-20-11-13-29(14-12-20)15-18-5-3-2-4-6-18/h2-10,17,20H,11-16H2,1H3,(H2,27,28,30). The number of likely N-dealkylation sites (tertiary alicyclic amines) is 1. The quantitative estimate of drug-likeness (QED) is 0.666. The predicted molar refractivity (Wildman–Crippen MR) is 113 cm³/mol. The van der Waals surface area contributed by atoms with Crippen LogP contribution in [0.25, 0.3) is 0 Å². The second kappa shape index (κ2) is 10.5. The second-order valence-corrected chi connectivity index (χ2v) is 7.85. The minimum atomic E-state index is -4.37. The third kappa shape index (κ3) is 7.79. The molecule has 2 amide bonds. The molecule has 8 heteroatoms. The van der Waals surface area contributed by atoms with Crippen molar-refractivity contribution < 1.29 is 22.7 Å². The van der Waals surface area contributed by atoms with Crippen LogP contribution in [0.3, 0.4) is 0 Å². The lowest BCUT2D eigenvalue weighted by atomic mass is 10.0. The molecule has 0 bridgehead atoms. The Labute approximate surface area is 180 Å². The van der Waals surface area contributed by atoms with Gasteiger partial charge in [-0.05, 0) is 43.0 Å². The number of ether oxygens (including phenoxy) is 1. The summed E-state index contributed by atoms with van der Waals surface area (Å²) in [4.78, 5) is 14.7. The number of piperidine rings is 1. The van der Waals surface area contributed by atoms with Crippen molar-refractivity contribution in [1.82, 2.24) is 15.5 Å². The molecule has 2 N–H and O–H groups in total. The number of hydrogen-bond acceptors (Lipinski definition) is 3. The maximum absolute atomic E-state index is 12.4. The minimum absolute atomic E-state index is 0.123. The van der Waals surface area contributed by atoms with E-state index in [0.717, 1.165) is 38.0 Å². The van der Waals surface area contributed by atoms with E-state index >= 15 is 0 Å². The summed E-state index contributed by atoms with van der Waals surface area (Å²) in [7, 11) is 0. The molecule has 1 unspecified atom stereocenters. The number of urea groups is 1. The van der Waals surface area contributed by atoms with Crippen molar-refractivity contribution in [2.24, 2.45) is 0 Å². The highest BCUT2D eigenvalue weighted by molar-refractivity contribution is 5.74. The van der Waals surface area contributed by atoms with Crippen molar-refractivity contribution in [1.29, 1.82) is 0 Å². The third-order valence-corrected chi connectivity index (χ3v) is 5.30.